The van der Waals surface area contributed by atoms with Crippen molar-refractivity contribution < 1.29 is 42.1 Å². The van der Waals surface area contributed by atoms with E-state index in [4.69, 9.17) is 18.5 Å². The average molecular weight is 609 g/mol. The highest BCUT2D eigenvalue weighted by Gasteiger charge is 2.27. The van der Waals surface area contributed by atoms with Gasteiger partial charge < -0.3 is 18.9 Å². The van der Waals surface area contributed by atoms with Gasteiger partial charge in [0.25, 0.3) is 0 Å². The van der Waals surface area contributed by atoms with Gasteiger partial charge in [-0.05, 0) is 12.8 Å². The summed E-state index contributed by atoms with van der Waals surface area (Å²) >= 11 is 0. The van der Waals surface area contributed by atoms with Gasteiger partial charge in [0.2, 0.25) is 0 Å². The number of hydrogen-bond acceptors (Lipinski definition) is 7. The number of unbranched alkanes of at least 4 members (excludes halogenated alkanes) is 15. The molecular formula is C31H63NO8P+. The summed E-state index contributed by atoms with van der Waals surface area (Å²) in [4.78, 5) is 34.6. The van der Waals surface area contributed by atoms with Crippen molar-refractivity contribution in [1.82, 2.24) is 0 Å². The van der Waals surface area contributed by atoms with E-state index < -0.39 is 26.5 Å². The van der Waals surface area contributed by atoms with Gasteiger partial charge in [-0.2, -0.15) is 0 Å². The number of carbonyl (C=O) groups is 2. The Balaban J connectivity index is 4.31. The molecule has 0 saturated carbocycles. The van der Waals surface area contributed by atoms with Gasteiger partial charge in [-0.15, -0.1) is 0 Å². The molecular weight excluding hydrogens is 545 g/mol. The molecule has 0 bridgehead atoms. The first kappa shape index (κ1) is 40.0. The van der Waals surface area contributed by atoms with Crippen molar-refractivity contribution in [1.29, 1.82) is 0 Å². The van der Waals surface area contributed by atoms with Gasteiger partial charge in [-0.25, -0.2) is 4.57 Å². The van der Waals surface area contributed by atoms with E-state index in [1.807, 2.05) is 21.1 Å². The highest BCUT2D eigenvalue weighted by Crippen LogP contribution is 2.43. The molecule has 41 heavy (non-hydrogen) atoms. The molecule has 10 heteroatoms. The lowest BCUT2D eigenvalue weighted by atomic mass is 10.0. The van der Waals surface area contributed by atoms with Crippen LogP contribution in [0.25, 0.3) is 0 Å². The summed E-state index contributed by atoms with van der Waals surface area (Å²) in [7, 11) is 1.48. The van der Waals surface area contributed by atoms with Gasteiger partial charge in [-0.1, -0.05) is 110 Å². The fraction of sp³-hybridized carbons (Fsp3) is 0.935. The van der Waals surface area contributed by atoms with Crippen LogP contribution in [-0.2, 0) is 32.7 Å². The highest BCUT2D eigenvalue weighted by molar-refractivity contribution is 7.47. The number of ether oxygens (including phenoxy) is 2. The Bertz CT molecular complexity index is 698. The summed E-state index contributed by atoms with van der Waals surface area (Å²) in [6.45, 7) is 4.26. The lowest BCUT2D eigenvalue weighted by Crippen LogP contribution is -2.37. The second-order valence-electron chi connectivity index (χ2n) is 12.2. The summed E-state index contributed by atoms with van der Waals surface area (Å²) in [5, 5.41) is 0. The minimum absolute atomic E-state index is 0.0350. The number of esters is 2. The molecule has 0 amide bonds. The van der Waals surface area contributed by atoms with Crippen molar-refractivity contribution in [2.24, 2.45) is 0 Å². The first-order valence-electron chi connectivity index (χ1n) is 16.3. The van der Waals surface area contributed by atoms with Crippen LogP contribution in [-0.4, -0.2) is 74.9 Å². The molecule has 0 fully saturated rings. The van der Waals surface area contributed by atoms with Gasteiger partial charge in [0.15, 0.2) is 6.10 Å². The summed E-state index contributed by atoms with van der Waals surface area (Å²) in [5.41, 5.74) is 0. The largest absolute Gasteiger partial charge is 0.472 e. The zero-order valence-electron chi connectivity index (χ0n) is 27.0. The second kappa shape index (κ2) is 25.5. The fourth-order valence-electron chi connectivity index (χ4n) is 4.25. The van der Waals surface area contributed by atoms with Crippen LogP contribution in [0.5, 0.6) is 0 Å². The molecule has 1 N–H and O–H groups in total. The quantitative estimate of drug-likeness (QED) is 0.0398. The predicted molar refractivity (Wildman–Crippen MR) is 165 cm³/mol. The van der Waals surface area contributed by atoms with Gasteiger partial charge in [0.05, 0.1) is 27.7 Å². The number of carbonyl (C=O) groups excluding carboxylic acids is 2. The molecule has 0 aromatic rings. The van der Waals surface area contributed by atoms with Crippen LogP contribution in [0.2, 0.25) is 0 Å². The zero-order valence-corrected chi connectivity index (χ0v) is 27.9. The molecule has 0 radical (unpaired) electrons. The number of hydrogen-bond donors (Lipinski definition) is 1. The molecule has 244 valence electrons. The van der Waals surface area contributed by atoms with E-state index in [9.17, 15) is 19.0 Å². The maximum atomic E-state index is 12.3. The SMILES string of the molecule is CCCCCCCCCCCCCCCC(=O)OC[C@H](COP(=O)(O)OCC[N+](C)(C)C)OC(=O)CCCCCC. The minimum Gasteiger partial charge on any atom is -0.462 e. The van der Waals surface area contributed by atoms with Gasteiger partial charge in [0.1, 0.15) is 19.8 Å². The smallest absolute Gasteiger partial charge is 0.462 e. The van der Waals surface area contributed by atoms with Crippen LogP contribution in [0.1, 0.15) is 136 Å². The molecule has 0 aromatic carbocycles. The van der Waals surface area contributed by atoms with E-state index in [1.54, 1.807) is 0 Å². The molecule has 0 aliphatic heterocycles. The molecule has 0 aromatic heterocycles. The zero-order chi connectivity index (χ0) is 30.8. The lowest BCUT2D eigenvalue weighted by molar-refractivity contribution is -0.870. The van der Waals surface area contributed by atoms with Crippen molar-refractivity contribution in [2.45, 2.75) is 142 Å². The number of quaternary nitrogens is 1. The third-order valence-corrected chi connectivity index (χ3v) is 7.87. The Morgan fingerprint density at radius 3 is 1.59 bits per heavy atom. The number of phosphoric acid groups is 1. The molecule has 1 unspecified atom stereocenters. The molecule has 0 spiro atoms. The van der Waals surface area contributed by atoms with Crippen LogP contribution < -0.4 is 0 Å². The molecule has 0 saturated heterocycles. The second-order valence-corrected chi connectivity index (χ2v) is 13.7. The Hall–Kier alpha value is -0.990. The minimum atomic E-state index is -4.34. The predicted octanol–water partition coefficient (Wildman–Crippen LogP) is 7.73. The first-order chi connectivity index (χ1) is 19.5. The molecule has 0 rings (SSSR count). The Kier molecular flexibility index (Phi) is 24.9. The highest BCUT2D eigenvalue weighted by atomic mass is 31.2. The first-order valence-corrected chi connectivity index (χ1v) is 17.8. The van der Waals surface area contributed by atoms with Crippen LogP contribution in [0.15, 0.2) is 0 Å². The van der Waals surface area contributed by atoms with E-state index in [0.29, 0.717) is 23.9 Å². The van der Waals surface area contributed by atoms with Gasteiger partial charge in [0, 0.05) is 12.8 Å². The third kappa shape index (κ3) is 28.9. The summed E-state index contributed by atoms with van der Waals surface area (Å²) in [6, 6.07) is 0. The molecule has 0 aliphatic rings. The Morgan fingerprint density at radius 1 is 0.659 bits per heavy atom. The summed E-state index contributed by atoms with van der Waals surface area (Å²) in [5.74, 6) is -0.815. The Labute approximate surface area is 251 Å². The topological polar surface area (TPSA) is 108 Å². The van der Waals surface area contributed by atoms with Crippen LogP contribution in [0.3, 0.4) is 0 Å². The molecule has 2 atom stereocenters. The molecule has 0 aliphatic carbocycles. The lowest BCUT2D eigenvalue weighted by Gasteiger charge is -2.24. The van der Waals surface area contributed by atoms with Crippen molar-refractivity contribution in [3.05, 3.63) is 0 Å². The van der Waals surface area contributed by atoms with E-state index >= 15 is 0 Å². The number of nitrogens with zero attached hydrogens (tertiary/aromatic N) is 1. The van der Waals surface area contributed by atoms with Crippen LogP contribution in [0.4, 0.5) is 0 Å². The number of rotatable bonds is 29. The Morgan fingerprint density at radius 2 is 1.10 bits per heavy atom. The van der Waals surface area contributed by atoms with Crippen molar-refractivity contribution in [3.63, 3.8) is 0 Å². The standard InChI is InChI=1S/C31H62NO8P/c1-6-8-10-12-13-14-15-16-17-18-19-20-22-23-30(33)37-27-29(40-31(34)24-21-11-9-7-2)28-39-41(35,36)38-26-25-32(3,4)5/h29H,6-28H2,1-5H3/p+1/t29-/m1/s1. The van der Waals surface area contributed by atoms with E-state index in [1.165, 1.54) is 64.2 Å². The third-order valence-electron chi connectivity index (χ3n) is 6.89. The van der Waals surface area contributed by atoms with Crippen molar-refractivity contribution in [3.8, 4) is 0 Å². The normalized spacial score (nSPS) is 14.0. The van der Waals surface area contributed by atoms with E-state index in [-0.39, 0.29) is 25.6 Å². The van der Waals surface area contributed by atoms with Gasteiger partial charge in [-0.3, -0.25) is 18.6 Å². The monoisotopic (exact) mass is 608 g/mol. The fourth-order valence-corrected chi connectivity index (χ4v) is 4.99. The van der Waals surface area contributed by atoms with Gasteiger partial charge >= 0.3 is 19.8 Å². The van der Waals surface area contributed by atoms with Crippen LogP contribution >= 0.6 is 7.82 Å². The average Bonchev–Trinajstić information content (AvgIpc) is 2.90. The summed E-state index contributed by atoms with van der Waals surface area (Å²) < 4.78 is 33.7. The number of phosphoric ester groups is 1. The molecule has 0 heterocycles. The van der Waals surface area contributed by atoms with E-state index in [2.05, 4.69) is 13.8 Å². The summed E-state index contributed by atoms with van der Waals surface area (Å²) in [6.07, 6.45) is 19.2. The van der Waals surface area contributed by atoms with Crippen molar-refractivity contribution >= 4 is 19.8 Å². The number of likely N-dealkylation sites (N-methyl/N-ethyl adjacent to an activating group) is 1. The maximum absolute atomic E-state index is 12.3. The van der Waals surface area contributed by atoms with Crippen molar-refractivity contribution in [2.75, 3.05) is 47.5 Å². The molecule has 9 nitrogen and oxygen atoms in total. The van der Waals surface area contributed by atoms with Crippen LogP contribution in [0, 0.1) is 0 Å². The maximum Gasteiger partial charge on any atom is 0.472 e. The van der Waals surface area contributed by atoms with E-state index in [0.717, 1.165) is 38.5 Å².